The Kier molecular flexibility index (Phi) is 4.34. The van der Waals surface area contributed by atoms with Crippen molar-refractivity contribution in [2.24, 2.45) is 5.92 Å². The minimum atomic E-state index is -0.639. The van der Waals surface area contributed by atoms with Crippen molar-refractivity contribution in [1.29, 1.82) is 0 Å². The second kappa shape index (κ2) is 6.60. The van der Waals surface area contributed by atoms with Gasteiger partial charge in [0, 0.05) is 28.9 Å². The van der Waals surface area contributed by atoms with Crippen LogP contribution in [-0.2, 0) is 4.79 Å². The molecule has 25 heavy (non-hydrogen) atoms. The van der Waals surface area contributed by atoms with E-state index >= 15 is 0 Å². The zero-order valence-electron chi connectivity index (χ0n) is 13.2. The van der Waals surface area contributed by atoms with Crippen LogP contribution in [-0.4, -0.2) is 16.7 Å². The third-order valence-electron chi connectivity index (χ3n) is 3.83. The van der Waals surface area contributed by atoms with Crippen LogP contribution in [0.3, 0.4) is 0 Å². The molecular formula is C17H16N4O4. The van der Waals surface area contributed by atoms with Crippen molar-refractivity contribution in [3.63, 3.8) is 0 Å². The fourth-order valence-corrected chi connectivity index (χ4v) is 2.31. The Labute approximate surface area is 143 Å². The third-order valence-corrected chi connectivity index (χ3v) is 3.83. The number of carbonyl (C=O) groups excluding carboxylic acids is 2. The van der Waals surface area contributed by atoms with Crippen LogP contribution in [0.1, 0.15) is 23.2 Å². The third kappa shape index (κ3) is 3.92. The summed E-state index contributed by atoms with van der Waals surface area (Å²) in [7, 11) is 0. The average molecular weight is 340 g/mol. The van der Waals surface area contributed by atoms with Gasteiger partial charge in [-0.15, -0.1) is 0 Å². The number of amides is 2. The molecule has 2 amide bonds. The van der Waals surface area contributed by atoms with Crippen LogP contribution < -0.4 is 16.4 Å². The number of carbonyl (C=O) groups is 2. The molecule has 0 heterocycles. The summed E-state index contributed by atoms with van der Waals surface area (Å²) in [6.07, 6.45) is 1.80. The lowest BCUT2D eigenvalue weighted by molar-refractivity contribution is -0.383. The normalized spacial score (nSPS) is 13.1. The molecule has 1 aliphatic rings. The van der Waals surface area contributed by atoms with Gasteiger partial charge in [-0.25, -0.2) is 0 Å². The summed E-state index contributed by atoms with van der Waals surface area (Å²) in [4.78, 5) is 34.4. The van der Waals surface area contributed by atoms with Crippen molar-refractivity contribution >= 4 is 34.6 Å². The molecule has 1 fully saturated rings. The monoisotopic (exact) mass is 340 g/mol. The van der Waals surface area contributed by atoms with Crippen molar-refractivity contribution in [3.8, 4) is 0 Å². The molecule has 0 aromatic heterocycles. The molecule has 3 rings (SSSR count). The maximum Gasteiger partial charge on any atom is 0.292 e. The Bertz CT molecular complexity index is 861. The lowest BCUT2D eigenvalue weighted by Gasteiger charge is -2.09. The molecule has 8 nitrogen and oxygen atoms in total. The highest BCUT2D eigenvalue weighted by Crippen LogP contribution is 2.30. The van der Waals surface area contributed by atoms with Gasteiger partial charge in [0.1, 0.15) is 5.69 Å². The summed E-state index contributed by atoms with van der Waals surface area (Å²) in [5.41, 5.74) is 6.37. The number of hydrogen-bond donors (Lipinski definition) is 3. The van der Waals surface area contributed by atoms with E-state index in [0.29, 0.717) is 11.4 Å². The van der Waals surface area contributed by atoms with Crippen LogP contribution in [0.2, 0.25) is 0 Å². The van der Waals surface area contributed by atoms with E-state index < -0.39 is 10.8 Å². The Hall–Kier alpha value is -3.42. The van der Waals surface area contributed by atoms with Gasteiger partial charge in [0.2, 0.25) is 5.91 Å². The number of nitrogens with one attached hydrogen (secondary N) is 2. The van der Waals surface area contributed by atoms with Crippen LogP contribution in [0.15, 0.2) is 42.5 Å². The van der Waals surface area contributed by atoms with Crippen LogP contribution >= 0.6 is 0 Å². The van der Waals surface area contributed by atoms with Gasteiger partial charge in [0.05, 0.1) is 4.92 Å². The molecule has 128 valence electrons. The number of hydrogen-bond acceptors (Lipinski definition) is 5. The molecule has 0 aliphatic heterocycles. The lowest BCUT2D eigenvalue weighted by Crippen LogP contribution is -2.15. The quantitative estimate of drug-likeness (QED) is 0.438. The van der Waals surface area contributed by atoms with Gasteiger partial charge >= 0.3 is 0 Å². The summed E-state index contributed by atoms with van der Waals surface area (Å²) in [5.74, 6) is -0.458. The van der Waals surface area contributed by atoms with Gasteiger partial charge in [-0.1, -0.05) is 6.07 Å². The maximum absolute atomic E-state index is 12.3. The zero-order valence-corrected chi connectivity index (χ0v) is 13.2. The zero-order chi connectivity index (χ0) is 18.0. The highest BCUT2D eigenvalue weighted by Gasteiger charge is 2.29. The van der Waals surface area contributed by atoms with Crippen molar-refractivity contribution < 1.29 is 14.5 Å². The number of benzene rings is 2. The first kappa shape index (κ1) is 16.4. The van der Waals surface area contributed by atoms with Gasteiger partial charge in [-0.2, -0.15) is 0 Å². The van der Waals surface area contributed by atoms with E-state index in [-0.39, 0.29) is 28.8 Å². The average Bonchev–Trinajstić information content (AvgIpc) is 3.40. The van der Waals surface area contributed by atoms with Gasteiger partial charge in [-0.05, 0) is 43.2 Å². The fourth-order valence-electron chi connectivity index (χ4n) is 2.31. The molecular weight excluding hydrogens is 324 g/mol. The maximum atomic E-state index is 12.3. The minimum Gasteiger partial charge on any atom is -0.393 e. The standard InChI is InChI=1S/C17H16N4O4/c18-14-7-6-11(8-15(14)21(24)25)17(23)20-13-3-1-2-12(9-13)19-16(22)10-4-5-10/h1-3,6-10H,4-5,18H2,(H,19,22)(H,20,23). The van der Waals surface area contributed by atoms with E-state index in [9.17, 15) is 19.7 Å². The molecule has 2 aromatic rings. The largest absolute Gasteiger partial charge is 0.393 e. The molecule has 8 heteroatoms. The van der Waals surface area contributed by atoms with Crippen molar-refractivity contribution in [3.05, 3.63) is 58.1 Å². The number of nitrogens with zero attached hydrogens (tertiary/aromatic N) is 1. The molecule has 1 aliphatic carbocycles. The van der Waals surface area contributed by atoms with E-state index in [4.69, 9.17) is 5.73 Å². The molecule has 0 spiro atoms. The summed E-state index contributed by atoms with van der Waals surface area (Å²) in [6, 6.07) is 10.6. The SMILES string of the molecule is Nc1ccc(C(=O)Nc2cccc(NC(=O)C3CC3)c2)cc1[N+](=O)[O-]. The topological polar surface area (TPSA) is 127 Å². The molecule has 0 atom stereocenters. The van der Waals surface area contributed by atoms with Crippen molar-refractivity contribution in [1.82, 2.24) is 0 Å². The predicted octanol–water partition coefficient (Wildman–Crippen LogP) is 2.78. The molecule has 2 aromatic carbocycles. The molecule has 1 saturated carbocycles. The van der Waals surface area contributed by atoms with Gasteiger partial charge < -0.3 is 16.4 Å². The van der Waals surface area contributed by atoms with Crippen molar-refractivity contribution in [2.45, 2.75) is 12.8 Å². The fraction of sp³-hybridized carbons (Fsp3) is 0.176. The van der Waals surface area contributed by atoms with Crippen molar-refractivity contribution in [2.75, 3.05) is 16.4 Å². The van der Waals surface area contributed by atoms with E-state index in [1.807, 2.05) is 0 Å². The number of nitro groups is 1. The summed E-state index contributed by atoms with van der Waals surface area (Å²) in [6.45, 7) is 0. The van der Waals surface area contributed by atoms with Crippen LogP contribution in [0, 0.1) is 16.0 Å². The number of nitro benzene ring substituents is 1. The number of nitrogens with two attached hydrogens (primary N) is 1. The highest BCUT2D eigenvalue weighted by molar-refractivity contribution is 6.05. The smallest absolute Gasteiger partial charge is 0.292 e. The van der Waals surface area contributed by atoms with E-state index in [1.165, 1.54) is 12.1 Å². The van der Waals surface area contributed by atoms with E-state index in [0.717, 1.165) is 18.9 Å². The molecule has 0 radical (unpaired) electrons. The Morgan fingerprint density at radius 3 is 2.40 bits per heavy atom. The van der Waals surface area contributed by atoms with E-state index in [2.05, 4.69) is 10.6 Å². The summed E-state index contributed by atoms with van der Waals surface area (Å²) < 4.78 is 0. The van der Waals surface area contributed by atoms with Gasteiger partial charge in [0.25, 0.3) is 11.6 Å². The number of anilines is 3. The number of rotatable bonds is 5. The van der Waals surface area contributed by atoms with Gasteiger partial charge in [-0.3, -0.25) is 19.7 Å². The second-order valence-electron chi connectivity index (χ2n) is 5.83. The molecule has 4 N–H and O–H groups in total. The Morgan fingerprint density at radius 1 is 1.08 bits per heavy atom. The van der Waals surface area contributed by atoms with Gasteiger partial charge in [0.15, 0.2) is 0 Å². The number of nitrogen functional groups attached to an aromatic ring is 1. The summed E-state index contributed by atoms with van der Waals surface area (Å²) >= 11 is 0. The second-order valence-corrected chi connectivity index (χ2v) is 5.83. The first-order valence-corrected chi connectivity index (χ1v) is 7.70. The van der Waals surface area contributed by atoms with Crippen LogP contribution in [0.4, 0.5) is 22.7 Å². The Morgan fingerprint density at radius 2 is 1.76 bits per heavy atom. The first-order chi connectivity index (χ1) is 11.9. The highest BCUT2D eigenvalue weighted by atomic mass is 16.6. The molecule has 0 bridgehead atoms. The van der Waals surface area contributed by atoms with Crippen LogP contribution in [0.25, 0.3) is 0 Å². The summed E-state index contributed by atoms with van der Waals surface area (Å²) in [5, 5.41) is 16.4. The lowest BCUT2D eigenvalue weighted by atomic mass is 10.1. The Balaban J connectivity index is 1.73. The first-order valence-electron chi connectivity index (χ1n) is 7.70. The van der Waals surface area contributed by atoms with E-state index in [1.54, 1.807) is 24.3 Å². The van der Waals surface area contributed by atoms with Crippen LogP contribution in [0.5, 0.6) is 0 Å². The minimum absolute atomic E-state index is 0.00802. The molecule has 0 unspecified atom stereocenters. The predicted molar refractivity (Wildman–Crippen MR) is 93.3 cm³/mol. The molecule has 0 saturated heterocycles.